The molecular formula is C15H31ClN2O. The third-order valence-corrected chi connectivity index (χ3v) is 4.10. The van der Waals surface area contributed by atoms with E-state index in [1.807, 2.05) is 0 Å². The number of rotatable bonds is 7. The second kappa shape index (κ2) is 10.5. The molecule has 4 heteroatoms. The van der Waals surface area contributed by atoms with E-state index in [1.165, 1.54) is 25.7 Å². The third-order valence-electron chi connectivity index (χ3n) is 4.10. The van der Waals surface area contributed by atoms with Gasteiger partial charge < -0.3 is 10.6 Å². The summed E-state index contributed by atoms with van der Waals surface area (Å²) >= 11 is 0. The second-order valence-corrected chi connectivity index (χ2v) is 5.74. The van der Waals surface area contributed by atoms with Crippen LogP contribution in [0, 0.1) is 11.8 Å². The van der Waals surface area contributed by atoms with Gasteiger partial charge in [0.1, 0.15) is 0 Å². The Hall–Kier alpha value is -0.280. The molecule has 19 heavy (non-hydrogen) atoms. The number of unbranched alkanes of at least 4 members (excludes halogenated alkanes) is 1. The minimum Gasteiger partial charge on any atom is -0.356 e. The van der Waals surface area contributed by atoms with Crippen LogP contribution in [0.4, 0.5) is 0 Å². The SMILES string of the molecule is CCCCC(CC)CNC(=O)[C@H]1CCN[C@@H](C)C1.Cl. The largest absolute Gasteiger partial charge is 0.356 e. The van der Waals surface area contributed by atoms with E-state index in [-0.39, 0.29) is 24.2 Å². The fourth-order valence-corrected chi connectivity index (χ4v) is 2.70. The van der Waals surface area contributed by atoms with Crippen LogP contribution < -0.4 is 10.6 Å². The fraction of sp³-hybridized carbons (Fsp3) is 0.933. The Labute approximate surface area is 124 Å². The molecule has 1 rings (SSSR count). The molecule has 0 saturated carbocycles. The van der Waals surface area contributed by atoms with Crippen LogP contribution >= 0.6 is 12.4 Å². The number of hydrogen-bond acceptors (Lipinski definition) is 2. The van der Waals surface area contributed by atoms with E-state index in [0.29, 0.717) is 12.0 Å². The zero-order valence-corrected chi connectivity index (χ0v) is 13.5. The van der Waals surface area contributed by atoms with Gasteiger partial charge in [-0.2, -0.15) is 0 Å². The Balaban J connectivity index is 0.00000324. The molecule has 1 fully saturated rings. The van der Waals surface area contributed by atoms with E-state index in [2.05, 4.69) is 31.4 Å². The first-order valence-electron chi connectivity index (χ1n) is 7.68. The van der Waals surface area contributed by atoms with Gasteiger partial charge in [-0.15, -0.1) is 12.4 Å². The molecule has 1 unspecified atom stereocenters. The third kappa shape index (κ3) is 7.17. The molecule has 0 bridgehead atoms. The Morgan fingerprint density at radius 2 is 2.16 bits per heavy atom. The van der Waals surface area contributed by atoms with E-state index in [4.69, 9.17) is 0 Å². The monoisotopic (exact) mass is 290 g/mol. The first-order valence-corrected chi connectivity index (χ1v) is 7.68. The molecule has 3 nitrogen and oxygen atoms in total. The highest BCUT2D eigenvalue weighted by atomic mass is 35.5. The van der Waals surface area contributed by atoms with Gasteiger partial charge in [0.05, 0.1) is 0 Å². The van der Waals surface area contributed by atoms with E-state index < -0.39 is 0 Å². The summed E-state index contributed by atoms with van der Waals surface area (Å²) in [4.78, 5) is 12.1. The van der Waals surface area contributed by atoms with Gasteiger partial charge in [-0.3, -0.25) is 4.79 Å². The highest BCUT2D eigenvalue weighted by Crippen LogP contribution is 2.17. The molecule has 0 aliphatic carbocycles. The minimum atomic E-state index is 0. The van der Waals surface area contributed by atoms with Gasteiger partial charge in [-0.25, -0.2) is 0 Å². The Bertz CT molecular complexity index is 248. The molecule has 1 saturated heterocycles. The summed E-state index contributed by atoms with van der Waals surface area (Å²) in [5, 5.41) is 6.56. The molecule has 0 aromatic rings. The zero-order chi connectivity index (χ0) is 13.4. The van der Waals surface area contributed by atoms with Crippen LogP contribution in [0.3, 0.4) is 0 Å². The molecule has 0 radical (unpaired) electrons. The predicted octanol–water partition coefficient (Wildman–Crippen LogP) is 3.13. The molecule has 1 aliphatic rings. The van der Waals surface area contributed by atoms with Crippen molar-refractivity contribution in [3.63, 3.8) is 0 Å². The normalized spacial score (nSPS) is 24.4. The standard InChI is InChI=1S/C15H30N2O.ClH/c1-4-6-7-13(5-2)11-17-15(18)14-8-9-16-12(3)10-14;/h12-14,16H,4-11H2,1-3H3,(H,17,18);1H/t12-,13?,14-;/m0./s1. The van der Waals surface area contributed by atoms with Crippen LogP contribution in [0.1, 0.15) is 59.3 Å². The second-order valence-electron chi connectivity index (χ2n) is 5.74. The molecule has 114 valence electrons. The van der Waals surface area contributed by atoms with Crippen LogP contribution in [0.2, 0.25) is 0 Å². The summed E-state index contributed by atoms with van der Waals surface area (Å²) < 4.78 is 0. The lowest BCUT2D eigenvalue weighted by molar-refractivity contribution is -0.126. The van der Waals surface area contributed by atoms with E-state index >= 15 is 0 Å². The quantitative estimate of drug-likeness (QED) is 0.756. The van der Waals surface area contributed by atoms with Gasteiger partial charge in [0, 0.05) is 18.5 Å². The van der Waals surface area contributed by atoms with Crippen molar-refractivity contribution >= 4 is 18.3 Å². The maximum atomic E-state index is 12.1. The van der Waals surface area contributed by atoms with Gasteiger partial charge in [0.25, 0.3) is 0 Å². The first kappa shape index (κ1) is 18.7. The molecule has 1 amide bonds. The Morgan fingerprint density at radius 3 is 2.74 bits per heavy atom. The van der Waals surface area contributed by atoms with Crippen molar-refractivity contribution in [3.8, 4) is 0 Å². The number of carbonyl (C=O) groups excluding carboxylic acids is 1. The summed E-state index contributed by atoms with van der Waals surface area (Å²) in [6.07, 6.45) is 6.91. The minimum absolute atomic E-state index is 0. The highest BCUT2D eigenvalue weighted by Gasteiger charge is 2.24. The smallest absolute Gasteiger partial charge is 0.223 e. The van der Waals surface area contributed by atoms with E-state index in [1.54, 1.807) is 0 Å². The molecule has 3 atom stereocenters. The number of halogens is 1. The van der Waals surface area contributed by atoms with Crippen molar-refractivity contribution in [1.29, 1.82) is 0 Å². The number of hydrogen-bond donors (Lipinski definition) is 2. The van der Waals surface area contributed by atoms with Crippen LogP contribution in [-0.4, -0.2) is 25.0 Å². The van der Waals surface area contributed by atoms with Crippen LogP contribution in [-0.2, 0) is 4.79 Å². The molecule has 1 aliphatic heterocycles. The van der Waals surface area contributed by atoms with Crippen molar-refractivity contribution in [2.24, 2.45) is 11.8 Å². The van der Waals surface area contributed by atoms with Gasteiger partial charge >= 0.3 is 0 Å². The van der Waals surface area contributed by atoms with Crippen molar-refractivity contribution in [2.75, 3.05) is 13.1 Å². The van der Waals surface area contributed by atoms with Crippen LogP contribution in [0.5, 0.6) is 0 Å². The average molecular weight is 291 g/mol. The maximum absolute atomic E-state index is 12.1. The zero-order valence-electron chi connectivity index (χ0n) is 12.7. The van der Waals surface area contributed by atoms with Crippen molar-refractivity contribution in [2.45, 2.75) is 65.3 Å². The fourth-order valence-electron chi connectivity index (χ4n) is 2.70. The van der Waals surface area contributed by atoms with Gasteiger partial charge in [0.15, 0.2) is 0 Å². The number of nitrogens with one attached hydrogen (secondary N) is 2. The number of piperidine rings is 1. The first-order chi connectivity index (χ1) is 8.67. The van der Waals surface area contributed by atoms with E-state index in [0.717, 1.165) is 25.9 Å². The lowest BCUT2D eigenvalue weighted by Crippen LogP contribution is -2.43. The molecule has 0 aromatic heterocycles. The summed E-state index contributed by atoms with van der Waals surface area (Å²) in [6.45, 7) is 8.45. The van der Waals surface area contributed by atoms with Crippen LogP contribution in [0.25, 0.3) is 0 Å². The van der Waals surface area contributed by atoms with Gasteiger partial charge in [-0.05, 0) is 38.6 Å². The Morgan fingerprint density at radius 1 is 1.42 bits per heavy atom. The number of amides is 1. The van der Waals surface area contributed by atoms with Gasteiger partial charge in [0.2, 0.25) is 5.91 Å². The maximum Gasteiger partial charge on any atom is 0.223 e. The highest BCUT2D eigenvalue weighted by molar-refractivity contribution is 5.85. The lowest BCUT2D eigenvalue weighted by Gasteiger charge is -2.27. The van der Waals surface area contributed by atoms with E-state index in [9.17, 15) is 4.79 Å². The van der Waals surface area contributed by atoms with Crippen molar-refractivity contribution in [3.05, 3.63) is 0 Å². The molecule has 2 N–H and O–H groups in total. The predicted molar refractivity (Wildman–Crippen MR) is 83.8 cm³/mol. The number of carbonyl (C=O) groups is 1. The summed E-state index contributed by atoms with van der Waals surface area (Å²) in [6, 6.07) is 0.483. The van der Waals surface area contributed by atoms with Crippen molar-refractivity contribution < 1.29 is 4.79 Å². The summed E-state index contributed by atoms with van der Waals surface area (Å²) in [5.41, 5.74) is 0. The molecule has 0 spiro atoms. The average Bonchev–Trinajstić information content (AvgIpc) is 2.38. The summed E-state index contributed by atoms with van der Waals surface area (Å²) in [5.74, 6) is 1.16. The van der Waals surface area contributed by atoms with Crippen LogP contribution in [0.15, 0.2) is 0 Å². The molecular weight excluding hydrogens is 260 g/mol. The molecule has 1 heterocycles. The topological polar surface area (TPSA) is 41.1 Å². The molecule has 0 aromatic carbocycles. The summed E-state index contributed by atoms with van der Waals surface area (Å²) in [7, 11) is 0. The lowest BCUT2D eigenvalue weighted by atomic mass is 9.92. The van der Waals surface area contributed by atoms with Crippen molar-refractivity contribution in [1.82, 2.24) is 10.6 Å². The Kier molecular flexibility index (Phi) is 10.3. The van der Waals surface area contributed by atoms with Gasteiger partial charge in [-0.1, -0.05) is 33.1 Å².